The fourth-order valence-corrected chi connectivity index (χ4v) is 11.5. The summed E-state index contributed by atoms with van der Waals surface area (Å²) >= 11 is 0. The van der Waals surface area contributed by atoms with E-state index in [0.29, 0.717) is 13.0 Å². The highest BCUT2D eigenvalue weighted by Crippen LogP contribution is 2.83. The number of aliphatic hydroxyl groups is 2. The van der Waals surface area contributed by atoms with Crippen LogP contribution in [0.1, 0.15) is 32.6 Å². The highest BCUT2D eigenvalue weighted by atomic mass is 16.5. The molecule has 33 heavy (non-hydrogen) atoms. The van der Waals surface area contributed by atoms with Crippen LogP contribution >= 0.6 is 0 Å². The van der Waals surface area contributed by atoms with Crippen molar-refractivity contribution in [2.24, 2.45) is 34.5 Å². The summed E-state index contributed by atoms with van der Waals surface area (Å²) in [7, 11) is 6.94. The Hall–Kier alpha value is -0.320. The van der Waals surface area contributed by atoms with Crippen LogP contribution in [-0.2, 0) is 23.7 Å². The van der Waals surface area contributed by atoms with Crippen molar-refractivity contribution in [1.29, 1.82) is 0 Å². The zero-order valence-electron chi connectivity index (χ0n) is 20.4. The summed E-state index contributed by atoms with van der Waals surface area (Å²) in [6, 6.07) is -0.211. The molecule has 0 aromatic heterocycles. The number of nitrogens with zero attached hydrogens (tertiary/aromatic N) is 1. The summed E-state index contributed by atoms with van der Waals surface area (Å²) in [6.45, 7) is 3.47. The Labute approximate surface area is 195 Å². The van der Waals surface area contributed by atoms with E-state index in [0.717, 1.165) is 25.8 Å². The summed E-state index contributed by atoms with van der Waals surface area (Å²) in [5.41, 5.74) is -3.37. The third kappa shape index (κ3) is 1.88. The summed E-state index contributed by atoms with van der Waals surface area (Å²) in [6.07, 6.45) is 2.43. The van der Waals surface area contributed by atoms with Crippen LogP contribution in [0, 0.1) is 34.5 Å². The molecular formula is C25H39NO7. The standard InChI is InChI=1S/C25H39NO7/c1-6-26-20-24-13-9-12-14(30-3)10-23(27,16(13)17(12)31-4)25(20,28)19(32-5)18(24)22(11-29-2)8-7-15(24)33-21(22)26/h12-21,27-28H,6-11H2,1-5H3/t12-,13-,14+,15+,16-,17+,18-,19+,20+,21?,22+,23-,24+,25-/m1/s1. The van der Waals surface area contributed by atoms with Crippen molar-refractivity contribution in [2.45, 2.75) is 80.5 Å². The van der Waals surface area contributed by atoms with E-state index in [-0.39, 0.29) is 65.1 Å². The molecule has 5 saturated carbocycles. The van der Waals surface area contributed by atoms with Crippen molar-refractivity contribution < 1.29 is 33.9 Å². The smallest absolute Gasteiger partial charge is 0.136 e. The zero-order chi connectivity index (χ0) is 23.1. The zero-order valence-corrected chi connectivity index (χ0v) is 20.4. The highest BCUT2D eigenvalue weighted by Gasteiger charge is 2.94. The molecule has 5 aliphatic carbocycles. The molecule has 9 fully saturated rings. The van der Waals surface area contributed by atoms with Gasteiger partial charge in [0.25, 0.3) is 0 Å². The molecule has 1 spiro atoms. The first kappa shape index (κ1) is 21.9. The molecule has 0 radical (unpaired) electrons. The van der Waals surface area contributed by atoms with Crippen LogP contribution in [0.15, 0.2) is 0 Å². The van der Waals surface area contributed by atoms with Crippen LogP contribution in [-0.4, -0.2) is 105 Å². The van der Waals surface area contributed by atoms with Gasteiger partial charge < -0.3 is 33.9 Å². The van der Waals surface area contributed by atoms with Crippen molar-refractivity contribution in [3.8, 4) is 0 Å². The number of rotatable bonds is 6. The van der Waals surface area contributed by atoms with Gasteiger partial charge in [0.1, 0.15) is 17.4 Å². The summed E-state index contributed by atoms with van der Waals surface area (Å²) in [5, 5.41) is 25.8. The van der Waals surface area contributed by atoms with Gasteiger partial charge in [-0.3, -0.25) is 4.90 Å². The molecule has 186 valence electrons. The topological polar surface area (TPSA) is 89.9 Å². The predicted octanol–water partition coefficient (Wildman–Crippen LogP) is 0.635. The van der Waals surface area contributed by atoms with E-state index in [1.165, 1.54) is 0 Å². The SMILES string of the molecule is CCN1C2O[C@H]3CC[C@]2(COC)[C@H]2[C@H](OC)[C@@]4(O)[C@@H]1[C@@]32[C@@H]1C[C@H]2[C@H](OC)[C@@H]1[C@]4(O)C[C@@H]2OC. The lowest BCUT2D eigenvalue weighted by Crippen LogP contribution is -2.86. The first-order valence-corrected chi connectivity index (χ1v) is 12.8. The fourth-order valence-electron chi connectivity index (χ4n) is 11.5. The van der Waals surface area contributed by atoms with Gasteiger partial charge in [0, 0.05) is 63.4 Å². The van der Waals surface area contributed by atoms with Crippen molar-refractivity contribution >= 4 is 0 Å². The minimum Gasteiger partial charge on any atom is -0.386 e. The van der Waals surface area contributed by atoms with Crippen LogP contribution in [0.3, 0.4) is 0 Å². The summed E-state index contributed by atoms with van der Waals surface area (Å²) in [5.74, 6) is 0.284. The first-order valence-electron chi connectivity index (χ1n) is 12.8. The molecule has 9 bridgehead atoms. The fraction of sp³-hybridized carbons (Fsp3) is 1.00. The minimum absolute atomic E-state index is 0.0538. The van der Waals surface area contributed by atoms with E-state index >= 15 is 0 Å². The molecule has 1 unspecified atom stereocenters. The quantitative estimate of drug-likeness (QED) is 0.591. The molecule has 4 saturated heterocycles. The number of piperidine rings is 1. The third-order valence-electron chi connectivity index (χ3n) is 11.9. The normalized spacial score (nSPS) is 64.1. The lowest BCUT2D eigenvalue weighted by molar-refractivity contribution is -0.411. The Morgan fingerprint density at radius 1 is 1.09 bits per heavy atom. The molecule has 0 aromatic carbocycles. The highest BCUT2D eigenvalue weighted by molar-refractivity contribution is 5.43. The van der Waals surface area contributed by atoms with Crippen LogP contribution in [0.4, 0.5) is 0 Å². The Morgan fingerprint density at radius 3 is 2.52 bits per heavy atom. The first-order chi connectivity index (χ1) is 15.9. The van der Waals surface area contributed by atoms with E-state index in [4.69, 9.17) is 23.7 Å². The summed E-state index contributed by atoms with van der Waals surface area (Å²) < 4.78 is 31.2. The second-order valence-electron chi connectivity index (χ2n) is 12.0. The Morgan fingerprint density at radius 2 is 1.88 bits per heavy atom. The van der Waals surface area contributed by atoms with Gasteiger partial charge in [0.15, 0.2) is 0 Å². The molecular weight excluding hydrogens is 426 g/mol. The van der Waals surface area contributed by atoms with Gasteiger partial charge in [0.05, 0.1) is 37.1 Å². The average molecular weight is 466 g/mol. The molecule has 0 amide bonds. The Kier molecular flexibility index (Phi) is 4.32. The third-order valence-corrected chi connectivity index (χ3v) is 11.9. The van der Waals surface area contributed by atoms with Crippen molar-refractivity contribution in [1.82, 2.24) is 4.90 Å². The molecule has 2 N–H and O–H groups in total. The van der Waals surface area contributed by atoms with Crippen molar-refractivity contribution in [3.63, 3.8) is 0 Å². The van der Waals surface area contributed by atoms with Gasteiger partial charge in [-0.05, 0) is 31.7 Å². The lowest BCUT2D eigenvalue weighted by Gasteiger charge is -2.76. The number of fused-ring (bicyclic) bond motifs is 3. The second kappa shape index (κ2) is 6.51. The number of likely N-dealkylation sites (N-methyl/N-ethyl adjacent to an activating group) is 1. The van der Waals surface area contributed by atoms with Crippen LogP contribution in [0.5, 0.6) is 0 Å². The number of ether oxygens (including phenoxy) is 5. The van der Waals surface area contributed by atoms with Gasteiger partial charge in [0.2, 0.25) is 0 Å². The van der Waals surface area contributed by atoms with E-state index in [9.17, 15) is 10.2 Å². The molecule has 4 heterocycles. The van der Waals surface area contributed by atoms with Gasteiger partial charge in [-0.25, -0.2) is 0 Å². The number of methoxy groups -OCH3 is 4. The second-order valence-corrected chi connectivity index (χ2v) is 12.0. The maximum absolute atomic E-state index is 13.0. The maximum atomic E-state index is 13.0. The van der Waals surface area contributed by atoms with Gasteiger partial charge in [-0.15, -0.1) is 0 Å². The van der Waals surface area contributed by atoms with Crippen molar-refractivity contribution in [3.05, 3.63) is 0 Å². The van der Waals surface area contributed by atoms with Crippen molar-refractivity contribution in [2.75, 3.05) is 41.6 Å². The van der Waals surface area contributed by atoms with Crippen LogP contribution in [0.2, 0.25) is 0 Å². The summed E-state index contributed by atoms with van der Waals surface area (Å²) in [4.78, 5) is 2.37. The molecule has 8 heteroatoms. The van der Waals surface area contributed by atoms with Gasteiger partial charge in [-0.2, -0.15) is 0 Å². The predicted molar refractivity (Wildman–Crippen MR) is 116 cm³/mol. The van der Waals surface area contributed by atoms with Gasteiger partial charge in [-0.1, -0.05) is 6.92 Å². The average Bonchev–Trinajstić information content (AvgIpc) is 3.26. The monoisotopic (exact) mass is 465 g/mol. The van der Waals surface area contributed by atoms with Crippen LogP contribution < -0.4 is 0 Å². The van der Waals surface area contributed by atoms with Gasteiger partial charge >= 0.3 is 0 Å². The minimum atomic E-state index is -1.44. The largest absolute Gasteiger partial charge is 0.386 e. The molecule has 9 rings (SSSR count). The van der Waals surface area contributed by atoms with Crippen LogP contribution in [0.25, 0.3) is 0 Å². The van der Waals surface area contributed by atoms with E-state index in [1.54, 1.807) is 28.4 Å². The molecule has 8 nitrogen and oxygen atoms in total. The van der Waals surface area contributed by atoms with E-state index in [1.807, 2.05) is 0 Å². The molecule has 9 aliphatic rings. The Balaban J connectivity index is 1.54. The Bertz CT molecular complexity index is 855. The van der Waals surface area contributed by atoms with E-state index in [2.05, 4.69) is 11.8 Å². The number of hydrogen-bond acceptors (Lipinski definition) is 8. The maximum Gasteiger partial charge on any atom is 0.136 e. The molecule has 14 atom stereocenters. The molecule has 0 aromatic rings. The lowest BCUT2D eigenvalue weighted by atomic mass is 9.41. The van der Waals surface area contributed by atoms with E-state index < -0.39 is 17.3 Å². The molecule has 4 aliphatic heterocycles. The number of hydrogen-bond donors (Lipinski definition) is 2.